The van der Waals surface area contributed by atoms with Crippen LogP contribution in [0.1, 0.15) is 40.9 Å². The first-order valence-electron chi connectivity index (χ1n) is 11.1. The van der Waals surface area contributed by atoms with Crippen molar-refractivity contribution in [1.29, 1.82) is 0 Å². The van der Waals surface area contributed by atoms with E-state index in [0.29, 0.717) is 28.3 Å². The van der Waals surface area contributed by atoms with Gasteiger partial charge in [-0.1, -0.05) is 24.6 Å². The summed E-state index contributed by atoms with van der Waals surface area (Å²) in [5, 5.41) is 17.9. The standard InChI is InChI=1S/C24H25ClN4O7/c1-3-18(13-4-6-19(28-35)17(10-13)23(32)33)27-24(34)29-12-21(30)26-11-15(22(29)31)8-14-9-16(25)5-7-20(14)36-2/h4-7,9-10,15,18H,3,8,11-12H2,1-2H3,(H,26,30)(H,27,34)(H,32,33)/t15-,18-/m1/s1. The summed E-state index contributed by atoms with van der Waals surface area (Å²) in [6.45, 7) is 1.30. The Labute approximate surface area is 211 Å². The monoisotopic (exact) mass is 516 g/mol. The molecule has 0 unspecified atom stereocenters. The summed E-state index contributed by atoms with van der Waals surface area (Å²) in [7, 11) is 1.49. The number of carboxylic acid groups (broad SMARTS) is 1. The maximum Gasteiger partial charge on any atom is 0.338 e. The minimum absolute atomic E-state index is 0.0243. The Kier molecular flexibility index (Phi) is 8.59. The summed E-state index contributed by atoms with van der Waals surface area (Å²) in [4.78, 5) is 62.0. The van der Waals surface area contributed by atoms with E-state index in [0.717, 1.165) is 4.90 Å². The zero-order valence-electron chi connectivity index (χ0n) is 19.6. The number of carbonyl (C=O) groups excluding carboxylic acids is 3. The van der Waals surface area contributed by atoms with Crippen molar-refractivity contribution in [3.63, 3.8) is 0 Å². The number of carboxylic acids is 1. The highest BCUT2D eigenvalue weighted by atomic mass is 35.5. The van der Waals surface area contributed by atoms with Crippen LogP contribution in [0, 0.1) is 10.8 Å². The zero-order chi connectivity index (χ0) is 26.4. The molecule has 3 rings (SSSR count). The number of urea groups is 1. The lowest BCUT2D eigenvalue weighted by Crippen LogP contribution is -2.48. The lowest BCUT2D eigenvalue weighted by atomic mass is 9.97. The van der Waals surface area contributed by atoms with Crippen LogP contribution in [-0.4, -0.2) is 54.0 Å². The van der Waals surface area contributed by atoms with Crippen molar-refractivity contribution in [3.8, 4) is 5.75 Å². The van der Waals surface area contributed by atoms with Crippen LogP contribution in [0.4, 0.5) is 10.5 Å². The molecule has 0 aliphatic carbocycles. The van der Waals surface area contributed by atoms with Crippen LogP contribution in [0.15, 0.2) is 41.6 Å². The second-order valence-corrected chi connectivity index (χ2v) is 8.61. The number of hydrogen-bond donors (Lipinski definition) is 3. The number of nitrogens with one attached hydrogen (secondary N) is 2. The molecule has 0 radical (unpaired) electrons. The van der Waals surface area contributed by atoms with Gasteiger partial charge in [-0.3, -0.25) is 14.5 Å². The summed E-state index contributed by atoms with van der Waals surface area (Å²) >= 11 is 6.10. The van der Waals surface area contributed by atoms with Crippen molar-refractivity contribution in [1.82, 2.24) is 15.5 Å². The largest absolute Gasteiger partial charge is 0.496 e. The number of rotatable bonds is 8. The van der Waals surface area contributed by atoms with Crippen LogP contribution in [0.2, 0.25) is 5.02 Å². The van der Waals surface area contributed by atoms with Gasteiger partial charge in [0.15, 0.2) is 0 Å². The molecule has 0 bridgehead atoms. The number of ether oxygens (including phenoxy) is 1. The number of halogens is 1. The minimum atomic E-state index is -1.34. The number of nitroso groups, excluding NO2 is 1. The molecule has 1 aliphatic rings. The van der Waals surface area contributed by atoms with Crippen molar-refractivity contribution in [3.05, 3.63) is 63.0 Å². The predicted molar refractivity (Wildman–Crippen MR) is 130 cm³/mol. The Morgan fingerprint density at radius 1 is 1.28 bits per heavy atom. The van der Waals surface area contributed by atoms with E-state index < -0.39 is 42.3 Å². The highest BCUT2D eigenvalue weighted by Gasteiger charge is 2.35. The maximum atomic E-state index is 13.3. The predicted octanol–water partition coefficient (Wildman–Crippen LogP) is 3.42. The van der Waals surface area contributed by atoms with Crippen molar-refractivity contribution in [2.75, 3.05) is 20.2 Å². The fourth-order valence-corrected chi connectivity index (χ4v) is 4.19. The number of nitrogens with zero attached hydrogens (tertiary/aromatic N) is 2. The zero-order valence-corrected chi connectivity index (χ0v) is 20.4. The van der Waals surface area contributed by atoms with Gasteiger partial charge in [-0.05, 0) is 59.5 Å². The number of aromatic carboxylic acids is 1. The highest BCUT2D eigenvalue weighted by Crippen LogP contribution is 2.28. The van der Waals surface area contributed by atoms with E-state index >= 15 is 0 Å². The average molecular weight is 517 g/mol. The Bertz CT molecular complexity index is 1200. The van der Waals surface area contributed by atoms with Crippen molar-refractivity contribution in [2.45, 2.75) is 25.8 Å². The number of hydrogen-bond acceptors (Lipinski definition) is 7. The Morgan fingerprint density at radius 2 is 2.03 bits per heavy atom. The third kappa shape index (κ3) is 5.98. The molecule has 2 aromatic rings. The molecule has 2 atom stereocenters. The molecular weight excluding hydrogens is 492 g/mol. The molecule has 12 heteroatoms. The topological polar surface area (TPSA) is 154 Å². The maximum absolute atomic E-state index is 13.3. The van der Waals surface area contributed by atoms with Crippen LogP contribution < -0.4 is 15.4 Å². The van der Waals surface area contributed by atoms with Gasteiger partial charge in [-0.15, -0.1) is 4.91 Å². The quantitative estimate of drug-likeness (QED) is 0.454. The first-order valence-corrected chi connectivity index (χ1v) is 11.5. The van der Waals surface area contributed by atoms with E-state index in [-0.39, 0.29) is 24.2 Å². The van der Waals surface area contributed by atoms with Gasteiger partial charge in [0.1, 0.15) is 18.0 Å². The van der Waals surface area contributed by atoms with E-state index in [4.69, 9.17) is 16.3 Å². The summed E-state index contributed by atoms with van der Waals surface area (Å²) < 4.78 is 5.34. The molecule has 0 aromatic heterocycles. The number of benzene rings is 2. The van der Waals surface area contributed by atoms with Gasteiger partial charge in [0.05, 0.1) is 24.6 Å². The normalized spacial score (nSPS) is 16.5. The van der Waals surface area contributed by atoms with Gasteiger partial charge in [-0.2, -0.15) is 0 Å². The molecule has 1 aliphatic heterocycles. The van der Waals surface area contributed by atoms with Crippen LogP contribution in [0.3, 0.4) is 0 Å². The SMILES string of the molecule is CC[C@@H](NC(=O)N1CC(=O)NC[C@@H](Cc2cc(Cl)ccc2OC)C1=O)c1ccc(N=O)c(C(=O)O)c1. The Balaban J connectivity index is 1.84. The van der Waals surface area contributed by atoms with Crippen LogP contribution in [-0.2, 0) is 16.0 Å². The second-order valence-electron chi connectivity index (χ2n) is 8.17. The summed E-state index contributed by atoms with van der Waals surface area (Å²) in [5.74, 6) is -2.64. The first kappa shape index (κ1) is 26.6. The molecule has 190 valence electrons. The summed E-state index contributed by atoms with van der Waals surface area (Å²) in [6, 6.07) is 7.46. The summed E-state index contributed by atoms with van der Waals surface area (Å²) in [6.07, 6.45) is 0.516. The number of methoxy groups -OCH3 is 1. The molecule has 3 N–H and O–H groups in total. The fourth-order valence-electron chi connectivity index (χ4n) is 4.00. The van der Waals surface area contributed by atoms with E-state index in [1.807, 2.05) is 0 Å². The van der Waals surface area contributed by atoms with Gasteiger partial charge in [0, 0.05) is 11.6 Å². The van der Waals surface area contributed by atoms with Gasteiger partial charge >= 0.3 is 12.0 Å². The highest BCUT2D eigenvalue weighted by molar-refractivity contribution is 6.30. The van der Waals surface area contributed by atoms with E-state index in [1.54, 1.807) is 25.1 Å². The fraction of sp³-hybridized carbons (Fsp3) is 0.333. The molecule has 11 nitrogen and oxygen atoms in total. The molecule has 0 saturated carbocycles. The molecule has 1 fully saturated rings. The van der Waals surface area contributed by atoms with E-state index in [9.17, 15) is 29.2 Å². The molecular formula is C24H25ClN4O7. The lowest BCUT2D eigenvalue weighted by molar-refractivity contribution is -0.133. The van der Waals surface area contributed by atoms with Gasteiger partial charge in [-0.25, -0.2) is 9.59 Å². The molecule has 1 heterocycles. The minimum Gasteiger partial charge on any atom is -0.496 e. The van der Waals surface area contributed by atoms with Gasteiger partial charge < -0.3 is 20.5 Å². The van der Waals surface area contributed by atoms with Crippen molar-refractivity contribution in [2.24, 2.45) is 11.1 Å². The molecule has 2 aromatic carbocycles. The van der Waals surface area contributed by atoms with Crippen LogP contribution >= 0.6 is 11.6 Å². The second kappa shape index (κ2) is 11.6. The van der Waals surface area contributed by atoms with Crippen LogP contribution in [0.5, 0.6) is 5.75 Å². The molecule has 4 amide bonds. The summed E-state index contributed by atoms with van der Waals surface area (Å²) in [5.41, 5.74) is 0.501. The Hall–Kier alpha value is -3.99. The smallest absolute Gasteiger partial charge is 0.338 e. The van der Waals surface area contributed by atoms with Crippen LogP contribution in [0.25, 0.3) is 0 Å². The van der Waals surface area contributed by atoms with Gasteiger partial charge in [0.2, 0.25) is 11.8 Å². The van der Waals surface area contributed by atoms with Crippen molar-refractivity contribution >= 4 is 41.1 Å². The number of carbonyl (C=O) groups is 4. The van der Waals surface area contributed by atoms with E-state index in [2.05, 4.69) is 15.8 Å². The molecule has 1 saturated heterocycles. The number of amides is 4. The molecule has 0 spiro atoms. The number of imide groups is 1. The van der Waals surface area contributed by atoms with E-state index in [1.165, 1.54) is 25.3 Å². The van der Waals surface area contributed by atoms with Gasteiger partial charge in [0.25, 0.3) is 0 Å². The first-order chi connectivity index (χ1) is 17.2. The molecule has 36 heavy (non-hydrogen) atoms. The third-order valence-corrected chi connectivity index (χ3v) is 6.11. The average Bonchev–Trinajstić information content (AvgIpc) is 3.00. The Morgan fingerprint density at radius 3 is 2.67 bits per heavy atom. The lowest BCUT2D eigenvalue weighted by Gasteiger charge is -2.25. The van der Waals surface area contributed by atoms with Crippen molar-refractivity contribution < 1.29 is 29.0 Å². The third-order valence-electron chi connectivity index (χ3n) is 5.87.